The molecule has 3 heterocycles. The van der Waals surface area contributed by atoms with E-state index in [1.54, 1.807) is 17.0 Å². The van der Waals surface area contributed by atoms with Gasteiger partial charge in [0.15, 0.2) is 32.8 Å². The maximum Gasteiger partial charge on any atom is 0.387 e. The fourth-order valence-electron chi connectivity index (χ4n) is 3.78. The van der Waals surface area contributed by atoms with E-state index < -0.39 is 16.4 Å². The number of benzene rings is 1. The molecule has 11 heteroatoms. The predicted molar refractivity (Wildman–Crippen MR) is 118 cm³/mol. The van der Waals surface area contributed by atoms with Crippen LogP contribution in [-0.4, -0.2) is 54.2 Å². The van der Waals surface area contributed by atoms with Crippen molar-refractivity contribution in [2.45, 2.75) is 26.0 Å². The molecule has 2 aromatic heterocycles. The number of sulfone groups is 1. The van der Waals surface area contributed by atoms with Crippen LogP contribution in [0.3, 0.4) is 0 Å². The number of allylic oxidation sites excluding steroid dienone is 1. The molecule has 1 aliphatic rings. The zero-order valence-corrected chi connectivity index (χ0v) is 18.7. The van der Waals surface area contributed by atoms with Crippen molar-refractivity contribution in [3.05, 3.63) is 53.4 Å². The van der Waals surface area contributed by atoms with Gasteiger partial charge in [-0.05, 0) is 55.3 Å². The van der Waals surface area contributed by atoms with Gasteiger partial charge in [0.1, 0.15) is 0 Å². The molecule has 3 aromatic rings. The van der Waals surface area contributed by atoms with Crippen LogP contribution in [0.25, 0.3) is 17.1 Å². The first-order valence-corrected chi connectivity index (χ1v) is 11.9. The number of alkyl halides is 2. The summed E-state index contributed by atoms with van der Waals surface area (Å²) >= 11 is 0. The number of halogens is 2. The third-order valence-corrected chi connectivity index (χ3v) is 7.15. The van der Waals surface area contributed by atoms with Gasteiger partial charge in [0, 0.05) is 17.1 Å². The van der Waals surface area contributed by atoms with Crippen LogP contribution in [0, 0.1) is 6.92 Å². The Hall–Kier alpha value is -3.34. The second-order valence-electron chi connectivity index (χ2n) is 7.67. The Morgan fingerprint density at radius 1 is 1.27 bits per heavy atom. The number of methoxy groups -OCH3 is 1. The van der Waals surface area contributed by atoms with Crippen LogP contribution in [0.15, 0.2) is 36.5 Å². The minimum atomic E-state index is -3.06. The largest absolute Gasteiger partial charge is 0.493 e. The number of fused-ring (bicyclic) bond motifs is 1. The Morgan fingerprint density at radius 2 is 2.06 bits per heavy atom. The number of rotatable bonds is 7. The van der Waals surface area contributed by atoms with E-state index in [-0.39, 0.29) is 40.4 Å². The van der Waals surface area contributed by atoms with Crippen LogP contribution >= 0.6 is 0 Å². The minimum Gasteiger partial charge on any atom is -0.493 e. The molecule has 0 amide bonds. The molecule has 1 aliphatic heterocycles. The number of pyridine rings is 1. The lowest BCUT2D eigenvalue weighted by molar-refractivity contribution is -0.0512. The molecule has 8 nitrogen and oxygen atoms in total. The van der Waals surface area contributed by atoms with Gasteiger partial charge in [-0.15, -0.1) is 0 Å². The summed E-state index contributed by atoms with van der Waals surface area (Å²) in [5.74, 6) is -0.312. The van der Waals surface area contributed by atoms with E-state index in [9.17, 15) is 22.0 Å². The molecule has 1 saturated heterocycles. The molecule has 1 atom stereocenters. The van der Waals surface area contributed by atoms with E-state index in [0.29, 0.717) is 23.3 Å². The number of aromatic nitrogens is 3. The van der Waals surface area contributed by atoms with E-state index in [4.69, 9.17) is 4.74 Å². The Labute approximate surface area is 188 Å². The lowest BCUT2D eigenvalue weighted by atomic mass is 10.1. The number of aryl methyl sites for hydroxylation is 1. The van der Waals surface area contributed by atoms with Gasteiger partial charge < -0.3 is 9.47 Å². The van der Waals surface area contributed by atoms with Gasteiger partial charge in [0.2, 0.25) is 0 Å². The van der Waals surface area contributed by atoms with E-state index in [2.05, 4.69) is 14.8 Å². The summed E-state index contributed by atoms with van der Waals surface area (Å²) in [6, 6.07) is 5.54. The van der Waals surface area contributed by atoms with Gasteiger partial charge in [-0.25, -0.2) is 18.1 Å². The van der Waals surface area contributed by atoms with Crippen molar-refractivity contribution in [1.82, 2.24) is 14.8 Å². The van der Waals surface area contributed by atoms with Crippen molar-refractivity contribution in [1.29, 1.82) is 0 Å². The van der Waals surface area contributed by atoms with Crippen molar-refractivity contribution in [3.8, 4) is 11.5 Å². The van der Waals surface area contributed by atoms with E-state index in [1.165, 1.54) is 31.4 Å². The third kappa shape index (κ3) is 4.87. The van der Waals surface area contributed by atoms with Crippen LogP contribution in [0.2, 0.25) is 0 Å². The first-order chi connectivity index (χ1) is 15.7. The standard InChI is InChI=1S/C22H21F2N3O5S/c1-13-17-9-14(11-25-21(17)27(26-13)16-7-8-33(29,30)12-16)3-5-18(28)15-4-6-19(32-22(23)24)20(10-15)31-2/h3-6,9-11,16,22H,7-8,12H2,1-2H3/b5-3+. The highest BCUT2D eigenvalue weighted by atomic mass is 32.2. The monoisotopic (exact) mass is 477 g/mol. The molecular weight excluding hydrogens is 456 g/mol. The highest BCUT2D eigenvalue weighted by Crippen LogP contribution is 2.30. The fraction of sp³-hybridized carbons (Fsp3) is 0.318. The van der Waals surface area contributed by atoms with Gasteiger partial charge in [-0.1, -0.05) is 0 Å². The Bertz CT molecular complexity index is 1350. The van der Waals surface area contributed by atoms with Gasteiger partial charge in [0.25, 0.3) is 0 Å². The van der Waals surface area contributed by atoms with Gasteiger partial charge >= 0.3 is 6.61 Å². The normalized spacial score (nSPS) is 17.8. The molecule has 4 rings (SSSR count). The second kappa shape index (κ2) is 8.89. The zero-order chi connectivity index (χ0) is 23.8. The van der Waals surface area contributed by atoms with Crippen LogP contribution in [0.1, 0.15) is 34.1 Å². The highest BCUT2D eigenvalue weighted by Gasteiger charge is 2.31. The van der Waals surface area contributed by atoms with Crippen molar-refractivity contribution in [2.24, 2.45) is 0 Å². The lowest BCUT2D eigenvalue weighted by Crippen LogP contribution is -2.13. The second-order valence-corrected chi connectivity index (χ2v) is 9.90. The molecule has 0 saturated carbocycles. The number of ketones is 1. The van der Waals surface area contributed by atoms with E-state index in [1.807, 2.05) is 13.0 Å². The smallest absolute Gasteiger partial charge is 0.387 e. The predicted octanol–water partition coefficient (Wildman–Crippen LogP) is 3.61. The summed E-state index contributed by atoms with van der Waals surface area (Å²) in [6.45, 7) is -1.19. The van der Waals surface area contributed by atoms with Crippen LogP contribution < -0.4 is 9.47 Å². The molecule has 33 heavy (non-hydrogen) atoms. The zero-order valence-electron chi connectivity index (χ0n) is 17.9. The van der Waals surface area contributed by atoms with Crippen molar-refractivity contribution >= 4 is 32.7 Å². The third-order valence-electron chi connectivity index (χ3n) is 5.40. The summed E-state index contributed by atoms with van der Waals surface area (Å²) in [4.78, 5) is 17.0. The van der Waals surface area contributed by atoms with E-state index in [0.717, 1.165) is 5.39 Å². The Kier molecular flexibility index (Phi) is 6.15. The molecule has 1 unspecified atom stereocenters. The number of ether oxygens (including phenoxy) is 2. The molecule has 0 radical (unpaired) electrons. The molecule has 0 aliphatic carbocycles. The Balaban J connectivity index is 1.56. The SMILES string of the molecule is COc1cc(C(=O)/C=C/c2cnc3c(c2)c(C)nn3C2CCS(=O)(=O)C2)ccc1OC(F)F. The Morgan fingerprint density at radius 3 is 2.73 bits per heavy atom. The summed E-state index contributed by atoms with van der Waals surface area (Å²) in [7, 11) is -1.77. The number of carbonyl (C=O) groups is 1. The average molecular weight is 477 g/mol. The summed E-state index contributed by atoms with van der Waals surface area (Å²) in [5, 5.41) is 5.26. The van der Waals surface area contributed by atoms with Crippen LogP contribution in [0.5, 0.6) is 11.5 Å². The molecule has 0 spiro atoms. The lowest BCUT2D eigenvalue weighted by Gasteiger charge is -2.10. The maximum absolute atomic E-state index is 12.6. The molecule has 174 valence electrons. The number of hydrogen-bond acceptors (Lipinski definition) is 7. The average Bonchev–Trinajstić information content (AvgIpc) is 3.30. The quantitative estimate of drug-likeness (QED) is 0.379. The fourth-order valence-corrected chi connectivity index (χ4v) is 5.47. The van der Waals surface area contributed by atoms with Crippen LogP contribution in [0.4, 0.5) is 8.78 Å². The topological polar surface area (TPSA) is 100 Å². The number of carbonyl (C=O) groups excluding carboxylic acids is 1. The molecule has 1 fully saturated rings. The van der Waals surface area contributed by atoms with Crippen molar-refractivity contribution < 1.29 is 31.5 Å². The summed E-state index contributed by atoms with van der Waals surface area (Å²) in [5.41, 5.74) is 2.20. The highest BCUT2D eigenvalue weighted by molar-refractivity contribution is 7.91. The van der Waals surface area contributed by atoms with Gasteiger partial charge in [0.05, 0.1) is 30.4 Å². The van der Waals surface area contributed by atoms with Crippen LogP contribution in [-0.2, 0) is 9.84 Å². The first kappa shape index (κ1) is 22.8. The summed E-state index contributed by atoms with van der Waals surface area (Å²) in [6.07, 6.45) is 5.00. The summed E-state index contributed by atoms with van der Waals surface area (Å²) < 4.78 is 59.7. The number of nitrogens with zero attached hydrogens (tertiary/aromatic N) is 3. The molecule has 0 N–H and O–H groups in total. The number of hydrogen-bond donors (Lipinski definition) is 0. The van der Waals surface area contributed by atoms with E-state index >= 15 is 0 Å². The molecule has 1 aromatic carbocycles. The maximum atomic E-state index is 12.6. The first-order valence-electron chi connectivity index (χ1n) is 10.1. The van der Waals surface area contributed by atoms with Crippen molar-refractivity contribution in [2.75, 3.05) is 18.6 Å². The molecule has 0 bridgehead atoms. The minimum absolute atomic E-state index is 0.0228. The van der Waals surface area contributed by atoms with Crippen molar-refractivity contribution in [3.63, 3.8) is 0 Å². The molecular formula is C22H21F2N3O5S. The van der Waals surface area contributed by atoms with Gasteiger partial charge in [-0.2, -0.15) is 13.9 Å². The van der Waals surface area contributed by atoms with Gasteiger partial charge in [-0.3, -0.25) is 4.79 Å².